The van der Waals surface area contributed by atoms with Gasteiger partial charge in [0.15, 0.2) is 0 Å². The van der Waals surface area contributed by atoms with Crippen LogP contribution in [0.5, 0.6) is 11.5 Å². The number of hydrogen-bond acceptors (Lipinski definition) is 4. The summed E-state index contributed by atoms with van der Waals surface area (Å²) in [6.45, 7) is 4.91. The molecule has 43 heavy (non-hydrogen) atoms. The summed E-state index contributed by atoms with van der Waals surface area (Å²) >= 11 is 0. The molecule has 0 atom stereocenters. The van der Waals surface area contributed by atoms with Gasteiger partial charge < -0.3 is 18.9 Å². The number of nitrogens with zero attached hydrogens (tertiary/aromatic N) is 3. The molecule has 1 aliphatic rings. The van der Waals surface area contributed by atoms with Gasteiger partial charge in [-0.05, 0) is 41.8 Å². The fourth-order valence-electron chi connectivity index (χ4n) is 6.16. The molecule has 0 saturated carbocycles. The van der Waals surface area contributed by atoms with Crippen LogP contribution < -0.4 is 9.47 Å². The van der Waals surface area contributed by atoms with E-state index in [0.29, 0.717) is 30.2 Å². The van der Waals surface area contributed by atoms with Gasteiger partial charge >= 0.3 is 0 Å². The number of rotatable bonds is 8. The number of methoxy groups -OCH3 is 2. The lowest BCUT2D eigenvalue weighted by Gasteiger charge is -2.39. The van der Waals surface area contributed by atoms with E-state index in [4.69, 9.17) is 9.47 Å². The predicted octanol–water partition coefficient (Wildman–Crippen LogP) is 7.02. The van der Waals surface area contributed by atoms with Crippen LogP contribution >= 0.6 is 0 Å². The molecular weight excluding hydrogens is 534 g/mol. The number of carbonyl (C=O) groups is 1. The van der Waals surface area contributed by atoms with Crippen LogP contribution in [0.4, 0.5) is 0 Å². The Morgan fingerprint density at radius 3 is 1.84 bits per heavy atom. The van der Waals surface area contributed by atoms with Crippen molar-refractivity contribution in [2.24, 2.45) is 0 Å². The van der Waals surface area contributed by atoms with Crippen LogP contribution in [0.3, 0.4) is 0 Å². The van der Waals surface area contributed by atoms with E-state index in [2.05, 4.69) is 82.3 Å². The second kappa shape index (κ2) is 12.6. The minimum absolute atomic E-state index is 0.0523. The standard InChI is InChI=1S/C37H37N3O3/c1-27-32(26-34(28-13-7-4-8-14-28)40(27)33-20-19-31(42-2)25-35(33)43-3)37(41)39-23-21-38(22-24-39)36(29-15-9-5-10-16-29)30-17-11-6-12-18-30/h4-20,25-26,36H,21-24H2,1-3H3. The molecule has 0 N–H and O–H groups in total. The van der Waals surface area contributed by atoms with Crippen molar-refractivity contribution >= 4 is 5.91 Å². The summed E-state index contributed by atoms with van der Waals surface area (Å²) in [6, 6.07) is 39.4. The maximum absolute atomic E-state index is 14.2. The van der Waals surface area contributed by atoms with Gasteiger partial charge in [-0.3, -0.25) is 9.69 Å². The molecule has 2 heterocycles. The van der Waals surface area contributed by atoms with Gasteiger partial charge in [0.05, 0.1) is 37.2 Å². The Morgan fingerprint density at radius 1 is 0.698 bits per heavy atom. The largest absolute Gasteiger partial charge is 0.497 e. The highest BCUT2D eigenvalue weighted by Gasteiger charge is 2.30. The summed E-state index contributed by atoms with van der Waals surface area (Å²) in [5, 5.41) is 0. The van der Waals surface area contributed by atoms with Crippen LogP contribution in [0.1, 0.15) is 33.2 Å². The highest BCUT2D eigenvalue weighted by Crippen LogP contribution is 2.36. The number of aromatic nitrogens is 1. The first-order valence-corrected chi connectivity index (χ1v) is 14.7. The maximum Gasteiger partial charge on any atom is 0.255 e. The summed E-state index contributed by atoms with van der Waals surface area (Å²) in [5.74, 6) is 1.44. The average Bonchev–Trinajstić information content (AvgIpc) is 3.42. The lowest BCUT2D eigenvalue weighted by molar-refractivity contribution is 0.0596. The Bertz CT molecular complexity index is 1640. The molecule has 4 aromatic carbocycles. The Hall–Kier alpha value is -4.81. The molecule has 0 unspecified atom stereocenters. The van der Waals surface area contributed by atoms with Crippen LogP contribution in [-0.4, -0.2) is 60.7 Å². The van der Waals surface area contributed by atoms with E-state index in [0.717, 1.165) is 35.7 Å². The number of piperazine rings is 1. The lowest BCUT2D eigenvalue weighted by Crippen LogP contribution is -2.50. The monoisotopic (exact) mass is 571 g/mol. The molecule has 0 bridgehead atoms. The molecule has 0 radical (unpaired) electrons. The first-order valence-electron chi connectivity index (χ1n) is 14.7. The highest BCUT2D eigenvalue weighted by atomic mass is 16.5. The zero-order valence-corrected chi connectivity index (χ0v) is 24.9. The topological polar surface area (TPSA) is 46.9 Å². The smallest absolute Gasteiger partial charge is 0.255 e. The van der Waals surface area contributed by atoms with Crippen LogP contribution in [0.2, 0.25) is 0 Å². The van der Waals surface area contributed by atoms with E-state index < -0.39 is 0 Å². The minimum Gasteiger partial charge on any atom is -0.497 e. The van der Waals surface area contributed by atoms with Gasteiger partial charge in [0.2, 0.25) is 0 Å². The molecule has 6 rings (SSSR count). The predicted molar refractivity (Wildman–Crippen MR) is 171 cm³/mol. The zero-order chi connectivity index (χ0) is 29.8. The third-order valence-corrected chi connectivity index (χ3v) is 8.37. The van der Waals surface area contributed by atoms with Gasteiger partial charge in [-0.1, -0.05) is 91.0 Å². The third-order valence-electron chi connectivity index (χ3n) is 8.37. The van der Waals surface area contributed by atoms with Crippen LogP contribution in [0.25, 0.3) is 16.9 Å². The number of ether oxygens (including phenoxy) is 2. The van der Waals surface area contributed by atoms with Gasteiger partial charge in [0.25, 0.3) is 5.91 Å². The quantitative estimate of drug-likeness (QED) is 0.201. The summed E-state index contributed by atoms with van der Waals surface area (Å²) in [6.07, 6.45) is 0. The molecule has 1 amide bonds. The summed E-state index contributed by atoms with van der Waals surface area (Å²) in [5.41, 5.74) is 6.94. The first-order chi connectivity index (χ1) is 21.1. The van der Waals surface area contributed by atoms with Gasteiger partial charge in [-0.15, -0.1) is 0 Å². The normalized spacial score (nSPS) is 13.7. The van der Waals surface area contributed by atoms with Gasteiger partial charge in [-0.25, -0.2) is 0 Å². The van der Waals surface area contributed by atoms with Crippen molar-refractivity contribution in [3.63, 3.8) is 0 Å². The van der Waals surface area contributed by atoms with Crippen molar-refractivity contribution in [1.29, 1.82) is 0 Å². The van der Waals surface area contributed by atoms with E-state index in [9.17, 15) is 4.79 Å². The summed E-state index contributed by atoms with van der Waals surface area (Å²) < 4.78 is 13.3. The van der Waals surface area contributed by atoms with Crippen molar-refractivity contribution in [3.8, 4) is 28.4 Å². The molecule has 218 valence electrons. The van der Waals surface area contributed by atoms with E-state index in [1.165, 1.54) is 11.1 Å². The Labute approximate surface area is 253 Å². The second-order valence-electron chi connectivity index (χ2n) is 10.8. The molecule has 1 aromatic heterocycles. The van der Waals surface area contributed by atoms with Crippen molar-refractivity contribution in [2.75, 3.05) is 40.4 Å². The number of hydrogen-bond donors (Lipinski definition) is 0. The molecule has 1 saturated heterocycles. The molecule has 5 aromatic rings. The van der Waals surface area contributed by atoms with E-state index in [1.54, 1.807) is 14.2 Å². The van der Waals surface area contributed by atoms with Crippen molar-refractivity contribution in [2.45, 2.75) is 13.0 Å². The van der Waals surface area contributed by atoms with Crippen molar-refractivity contribution < 1.29 is 14.3 Å². The molecule has 0 aliphatic carbocycles. The SMILES string of the molecule is COc1ccc(-n2c(-c3ccccc3)cc(C(=O)N3CCN(C(c4ccccc4)c4ccccc4)CC3)c2C)c(OC)c1. The van der Waals surface area contributed by atoms with E-state index >= 15 is 0 Å². The number of carbonyl (C=O) groups excluding carboxylic acids is 1. The maximum atomic E-state index is 14.2. The van der Waals surface area contributed by atoms with Gasteiger partial charge in [0, 0.05) is 37.9 Å². The lowest BCUT2D eigenvalue weighted by atomic mass is 9.96. The molecule has 0 spiro atoms. The molecular formula is C37H37N3O3. The zero-order valence-electron chi connectivity index (χ0n) is 24.9. The first kappa shape index (κ1) is 28.3. The highest BCUT2D eigenvalue weighted by molar-refractivity contribution is 5.97. The van der Waals surface area contributed by atoms with Gasteiger partial charge in [-0.2, -0.15) is 0 Å². The van der Waals surface area contributed by atoms with Crippen LogP contribution in [0, 0.1) is 6.92 Å². The van der Waals surface area contributed by atoms with Crippen molar-refractivity contribution in [1.82, 2.24) is 14.4 Å². The second-order valence-corrected chi connectivity index (χ2v) is 10.8. The molecule has 1 aliphatic heterocycles. The number of benzene rings is 4. The molecule has 1 fully saturated rings. The Kier molecular flexibility index (Phi) is 8.29. The fourth-order valence-corrected chi connectivity index (χ4v) is 6.16. The van der Waals surface area contributed by atoms with Crippen molar-refractivity contribution in [3.05, 3.63) is 138 Å². The van der Waals surface area contributed by atoms with E-state index in [1.807, 2.05) is 54.3 Å². The Morgan fingerprint density at radius 2 is 1.28 bits per heavy atom. The summed E-state index contributed by atoms with van der Waals surface area (Å²) in [7, 11) is 3.30. The van der Waals surface area contributed by atoms with E-state index in [-0.39, 0.29) is 11.9 Å². The summed E-state index contributed by atoms with van der Waals surface area (Å²) in [4.78, 5) is 18.6. The Balaban J connectivity index is 1.31. The van der Waals surface area contributed by atoms with Crippen LogP contribution in [-0.2, 0) is 0 Å². The molecule has 6 nitrogen and oxygen atoms in total. The van der Waals surface area contributed by atoms with Gasteiger partial charge in [0.1, 0.15) is 11.5 Å². The van der Waals surface area contributed by atoms with Crippen LogP contribution in [0.15, 0.2) is 115 Å². The minimum atomic E-state index is 0.0523. The number of amides is 1. The average molecular weight is 572 g/mol. The third kappa shape index (κ3) is 5.66. The fraction of sp³-hybridized carbons (Fsp3) is 0.216. The molecule has 6 heteroatoms.